The Hall–Kier alpha value is -2.96. The highest BCUT2D eigenvalue weighted by molar-refractivity contribution is 5.94. The number of anilines is 2. The summed E-state index contributed by atoms with van der Waals surface area (Å²) in [4.78, 5) is 27.3. The van der Waals surface area contributed by atoms with Gasteiger partial charge in [-0.2, -0.15) is 0 Å². The van der Waals surface area contributed by atoms with Crippen LogP contribution in [0.25, 0.3) is 11.2 Å². The van der Waals surface area contributed by atoms with Gasteiger partial charge in [0.1, 0.15) is 11.8 Å². The van der Waals surface area contributed by atoms with Gasteiger partial charge in [-0.3, -0.25) is 4.79 Å². The number of H-pyrrole nitrogens is 1. The highest BCUT2D eigenvalue weighted by Crippen LogP contribution is 2.32. The van der Waals surface area contributed by atoms with Gasteiger partial charge in [0.15, 0.2) is 11.5 Å². The summed E-state index contributed by atoms with van der Waals surface area (Å²) in [7, 11) is 0. The van der Waals surface area contributed by atoms with E-state index >= 15 is 0 Å². The molecule has 1 aliphatic rings. The number of amides is 1. The van der Waals surface area contributed by atoms with E-state index in [2.05, 4.69) is 30.6 Å². The number of aromatic nitrogens is 4. The first-order chi connectivity index (χ1) is 10.8. The first-order valence-electron chi connectivity index (χ1n) is 7.08. The Morgan fingerprint density at radius 2 is 2.14 bits per heavy atom. The van der Waals surface area contributed by atoms with Gasteiger partial charge >= 0.3 is 0 Å². The van der Waals surface area contributed by atoms with Crippen molar-refractivity contribution >= 4 is 28.6 Å². The van der Waals surface area contributed by atoms with Crippen LogP contribution in [0.1, 0.15) is 17.9 Å². The van der Waals surface area contributed by atoms with E-state index in [-0.39, 0.29) is 11.8 Å². The molecule has 7 heteroatoms. The van der Waals surface area contributed by atoms with Crippen LogP contribution in [-0.4, -0.2) is 32.4 Å². The summed E-state index contributed by atoms with van der Waals surface area (Å²) in [5.74, 6) is 0.851. The third-order valence-electron chi connectivity index (χ3n) is 3.85. The Bertz CT molecular complexity index is 843. The lowest BCUT2D eigenvalue weighted by atomic mass is 9.90. The Morgan fingerprint density at radius 1 is 1.23 bits per heavy atom. The van der Waals surface area contributed by atoms with Crippen LogP contribution < -0.4 is 10.6 Å². The summed E-state index contributed by atoms with van der Waals surface area (Å²) in [6.45, 7) is 0.621. The quantitative estimate of drug-likeness (QED) is 0.685. The summed E-state index contributed by atoms with van der Waals surface area (Å²) < 4.78 is 0. The van der Waals surface area contributed by atoms with Gasteiger partial charge in [-0.25, -0.2) is 15.0 Å². The molecule has 4 rings (SSSR count). The van der Waals surface area contributed by atoms with E-state index in [1.165, 1.54) is 6.33 Å². The summed E-state index contributed by atoms with van der Waals surface area (Å²) in [5, 5.41) is 6.21. The monoisotopic (exact) mass is 294 g/mol. The Balaban J connectivity index is 1.59. The van der Waals surface area contributed by atoms with Crippen LogP contribution in [0, 0.1) is 0 Å². The molecule has 1 aliphatic heterocycles. The summed E-state index contributed by atoms with van der Waals surface area (Å²) in [6.07, 6.45) is 3.53. The van der Waals surface area contributed by atoms with Crippen molar-refractivity contribution in [3.8, 4) is 0 Å². The van der Waals surface area contributed by atoms with Gasteiger partial charge in [0, 0.05) is 24.6 Å². The van der Waals surface area contributed by atoms with Crippen LogP contribution in [0.3, 0.4) is 0 Å². The number of aromatic amines is 1. The first-order valence-corrected chi connectivity index (χ1v) is 7.08. The topological polar surface area (TPSA) is 95.6 Å². The number of hydrogen-bond acceptors (Lipinski definition) is 5. The van der Waals surface area contributed by atoms with Crippen LogP contribution in [-0.2, 0) is 4.79 Å². The van der Waals surface area contributed by atoms with Crippen LogP contribution in [0.4, 0.5) is 11.5 Å². The molecule has 0 aliphatic carbocycles. The second-order valence-corrected chi connectivity index (χ2v) is 5.24. The zero-order chi connectivity index (χ0) is 14.9. The first kappa shape index (κ1) is 12.8. The van der Waals surface area contributed by atoms with E-state index in [1.54, 1.807) is 6.33 Å². The maximum atomic E-state index is 11.8. The predicted molar refractivity (Wildman–Crippen MR) is 82.6 cm³/mol. The molecular weight excluding hydrogens is 280 g/mol. The van der Waals surface area contributed by atoms with Gasteiger partial charge in [0.25, 0.3) is 0 Å². The lowest BCUT2D eigenvalue weighted by molar-refractivity contribution is -0.116. The molecule has 1 aromatic carbocycles. The van der Waals surface area contributed by atoms with Crippen LogP contribution in [0.15, 0.2) is 36.9 Å². The van der Waals surface area contributed by atoms with E-state index < -0.39 is 0 Å². The summed E-state index contributed by atoms with van der Waals surface area (Å²) >= 11 is 0. The lowest BCUT2D eigenvalue weighted by Gasteiger charge is -2.25. The average molecular weight is 294 g/mol. The van der Waals surface area contributed by atoms with Crippen LogP contribution >= 0.6 is 0 Å². The number of nitrogens with zero attached hydrogens (tertiary/aromatic N) is 3. The number of hydrogen-bond donors (Lipinski definition) is 3. The molecule has 22 heavy (non-hydrogen) atoms. The average Bonchev–Trinajstić information content (AvgIpc) is 3.01. The third kappa shape index (κ3) is 2.16. The summed E-state index contributed by atoms with van der Waals surface area (Å²) in [5.41, 5.74) is 3.43. The number of benzene rings is 1. The highest BCUT2D eigenvalue weighted by Gasteiger charge is 2.24. The molecule has 1 atom stereocenters. The molecule has 2 aromatic heterocycles. The molecule has 3 heterocycles. The second-order valence-electron chi connectivity index (χ2n) is 5.24. The molecule has 0 saturated heterocycles. The van der Waals surface area contributed by atoms with Crippen molar-refractivity contribution in [2.24, 2.45) is 0 Å². The lowest BCUT2D eigenvalue weighted by Crippen LogP contribution is -2.27. The van der Waals surface area contributed by atoms with Crippen molar-refractivity contribution in [1.82, 2.24) is 19.9 Å². The molecular formula is C15H14N6O. The molecule has 0 fully saturated rings. The number of rotatable bonds is 3. The van der Waals surface area contributed by atoms with Crippen LogP contribution in [0.5, 0.6) is 0 Å². The van der Waals surface area contributed by atoms with Crippen molar-refractivity contribution in [2.45, 2.75) is 12.3 Å². The second kappa shape index (κ2) is 5.10. The fraction of sp³-hybridized carbons (Fsp3) is 0.200. The fourth-order valence-electron chi connectivity index (χ4n) is 2.80. The molecule has 3 aromatic rings. The number of carbonyl (C=O) groups excluding carboxylic acids is 1. The van der Waals surface area contributed by atoms with E-state index in [0.29, 0.717) is 24.4 Å². The van der Waals surface area contributed by atoms with E-state index in [0.717, 1.165) is 16.8 Å². The maximum Gasteiger partial charge on any atom is 0.225 e. The molecule has 7 nitrogen and oxygen atoms in total. The molecule has 0 radical (unpaired) electrons. The van der Waals surface area contributed by atoms with Gasteiger partial charge in [-0.05, 0) is 11.6 Å². The maximum absolute atomic E-state index is 11.8. The SMILES string of the molecule is O=C1C[C@@H](CNc2ncnc3nc[nH]c23)c2ccccc2N1. The van der Waals surface area contributed by atoms with Crippen LogP contribution in [0.2, 0.25) is 0 Å². The van der Waals surface area contributed by atoms with E-state index in [4.69, 9.17) is 0 Å². The highest BCUT2D eigenvalue weighted by atomic mass is 16.1. The normalized spacial score (nSPS) is 17.1. The molecule has 110 valence electrons. The third-order valence-corrected chi connectivity index (χ3v) is 3.85. The summed E-state index contributed by atoms with van der Waals surface area (Å²) in [6, 6.07) is 7.89. The van der Waals surface area contributed by atoms with Gasteiger partial charge in [-0.15, -0.1) is 0 Å². The number of para-hydroxylation sites is 1. The smallest absolute Gasteiger partial charge is 0.225 e. The van der Waals surface area contributed by atoms with E-state index in [1.807, 2.05) is 24.3 Å². The Labute approximate surface area is 126 Å². The Morgan fingerprint density at radius 3 is 3.09 bits per heavy atom. The van der Waals surface area contributed by atoms with E-state index in [9.17, 15) is 4.79 Å². The van der Waals surface area contributed by atoms with Crippen molar-refractivity contribution in [3.63, 3.8) is 0 Å². The van der Waals surface area contributed by atoms with Gasteiger partial charge in [0.05, 0.1) is 6.33 Å². The molecule has 1 amide bonds. The van der Waals surface area contributed by atoms with Crippen molar-refractivity contribution < 1.29 is 4.79 Å². The molecule has 3 N–H and O–H groups in total. The molecule has 0 unspecified atom stereocenters. The molecule has 0 spiro atoms. The number of nitrogens with one attached hydrogen (secondary N) is 3. The van der Waals surface area contributed by atoms with Crippen molar-refractivity contribution in [3.05, 3.63) is 42.5 Å². The van der Waals surface area contributed by atoms with Gasteiger partial charge < -0.3 is 15.6 Å². The minimum Gasteiger partial charge on any atom is -0.368 e. The standard InChI is InChI=1S/C15H14N6O/c22-12-5-9(10-3-1-2-4-11(10)21-12)6-16-14-13-15(18-7-17-13)20-8-19-14/h1-4,7-9H,5-6H2,(H,21,22)(H2,16,17,18,19,20)/t9-/m0/s1. The zero-order valence-corrected chi connectivity index (χ0v) is 11.7. The number of fused-ring (bicyclic) bond motifs is 2. The predicted octanol–water partition coefficient (Wildman–Crippen LogP) is 1.89. The number of carbonyl (C=O) groups is 1. The fourth-order valence-corrected chi connectivity index (χ4v) is 2.80. The van der Waals surface area contributed by atoms with Crippen molar-refractivity contribution in [1.29, 1.82) is 0 Å². The van der Waals surface area contributed by atoms with Crippen molar-refractivity contribution in [2.75, 3.05) is 17.2 Å². The van der Waals surface area contributed by atoms with Gasteiger partial charge in [-0.1, -0.05) is 18.2 Å². The molecule has 0 saturated carbocycles. The minimum absolute atomic E-state index is 0.0416. The number of imidazole rings is 1. The van der Waals surface area contributed by atoms with Gasteiger partial charge in [0.2, 0.25) is 5.91 Å². The minimum atomic E-state index is 0.0416. The molecule has 0 bridgehead atoms. The largest absolute Gasteiger partial charge is 0.368 e. The Kier molecular flexibility index (Phi) is 2.96. The zero-order valence-electron chi connectivity index (χ0n) is 11.7.